The Balaban J connectivity index is 1.87. The molecule has 0 saturated carbocycles. The van der Waals surface area contributed by atoms with Crippen LogP contribution in [0.3, 0.4) is 0 Å². The van der Waals surface area contributed by atoms with Crippen LogP contribution in [0.15, 0.2) is 53.5 Å². The summed E-state index contributed by atoms with van der Waals surface area (Å²) in [6, 6.07) is 9.73. The van der Waals surface area contributed by atoms with Gasteiger partial charge in [-0.15, -0.1) is 0 Å². The molecule has 0 bridgehead atoms. The Bertz CT molecular complexity index is 1450. The van der Waals surface area contributed by atoms with E-state index in [1.807, 2.05) is 0 Å². The van der Waals surface area contributed by atoms with Crippen molar-refractivity contribution in [2.45, 2.75) is 13.0 Å². The Morgan fingerprint density at radius 3 is 2.59 bits per heavy atom. The highest BCUT2D eigenvalue weighted by Gasteiger charge is 2.18. The molecule has 8 nitrogen and oxygen atoms in total. The number of hydrogen-bond acceptors (Lipinski definition) is 4. The van der Waals surface area contributed by atoms with Crippen molar-refractivity contribution >= 4 is 22.2 Å². The minimum Gasteiger partial charge on any atom is -0.454 e. The molecule has 0 fully saturated rings. The van der Waals surface area contributed by atoms with E-state index in [4.69, 9.17) is 9.29 Å². The number of nitrogens with one attached hydrogen (secondary N) is 2. The van der Waals surface area contributed by atoms with Crippen LogP contribution in [0, 0.1) is 11.6 Å². The Labute approximate surface area is 195 Å². The first-order chi connectivity index (χ1) is 16.3. The number of ether oxygens (including phenoxy) is 1. The molecule has 0 radical (unpaired) electrons. The van der Waals surface area contributed by atoms with Crippen LogP contribution < -0.4 is 15.0 Å². The smallest absolute Gasteiger partial charge is 0.274 e. The van der Waals surface area contributed by atoms with Gasteiger partial charge in [-0.25, -0.2) is 17.7 Å². The lowest BCUT2D eigenvalue weighted by atomic mass is 9.99. The number of nitrogens with zero attached hydrogens (tertiary/aromatic N) is 1. The maximum Gasteiger partial charge on any atom is 0.274 e. The minimum atomic E-state index is -2.15. The van der Waals surface area contributed by atoms with Crippen molar-refractivity contribution in [2.24, 2.45) is 7.05 Å². The minimum absolute atomic E-state index is 0.182. The Morgan fingerprint density at radius 2 is 1.88 bits per heavy atom. The van der Waals surface area contributed by atoms with Gasteiger partial charge < -0.3 is 19.4 Å². The maximum absolute atomic E-state index is 14.3. The molecule has 4 N–H and O–H groups in total. The van der Waals surface area contributed by atoms with Crippen LogP contribution in [-0.2, 0) is 31.3 Å². The molecule has 2 aromatic heterocycles. The molecule has 0 spiro atoms. The number of aliphatic hydroxyl groups is 1. The van der Waals surface area contributed by atoms with Gasteiger partial charge in [0.25, 0.3) is 5.56 Å². The molecule has 4 aromatic rings. The number of benzene rings is 2. The molecule has 1 atom stereocenters. The number of aliphatic hydroxyl groups excluding tert-OH is 1. The van der Waals surface area contributed by atoms with E-state index in [1.54, 1.807) is 37.5 Å². The van der Waals surface area contributed by atoms with Crippen LogP contribution in [0.5, 0.6) is 11.5 Å². The summed E-state index contributed by atoms with van der Waals surface area (Å²) in [6.45, 7) is -0.0811. The van der Waals surface area contributed by atoms with E-state index in [2.05, 4.69) is 9.71 Å². The van der Waals surface area contributed by atoms with E-state index in [0.29, 0.717) is 34.7 Å². The quantitative estimate of drug-likeness (QED) is 0.283. The molecular formula is C23H21F2N3O5S. The molecule has 0 saturated heterocycles. The van der Waals surface area contributed by atoms with Crippen LogP contribution in [-0.4, -0.2) is 30.0 Å². The zero-order chi connectivity index (χ0) is 24.4. The normalized spacial score (nSPS) is 12.3. The van der Waals surface area contributed by atoms with Crippen molar-refractivity contribution in [3.05, 3.63) is 81.9 Å². The predicted octanol–water partition coefficient (Wildman–Crippen LogP) is 3.37. The summed E-state index contributed by atoms with van der Waals surface area (Å²) in [7, 11) is 1.58. The first-order valence-electron chi connectivity index (χ1n) is 10.2. The lowest BCUT2D eigenvalue weighted by molar-refractivity contribution is 0.278. The lowest BCUT2D eigenvalue weighted by Gasteiger charge is -2.15. The SMILES string of the molecule is Cn1cc(-c2cc(CCNS(=O)O)ccc2Oc2ccc(F)cc2F)c2cc(CO)[nH]c2c1=O. The summed E-state index contributed by atoms with van der Waals surface area (Å²) in [6.07, 6.45) is 2.00. The Hall–Kier alpha value is -3.38. The molecule has 0 aliphatic rings. The van der Waals surface area contributed by atoms with Gasteiger partial charge in [-0.2, -0.15) is 0 Å². The van der Waals surface area contributed by atoms with Gasteiger partial charge in [0.15, 0.2) is 11.6 Å². The fraction of sp³-hybridized carbons (Fsp3) is 0.174. The number of aryl methyl sites for hydroxylation is 1. The summed E-state index contributed by atoms with van der Waals surface area (Å²) in [4.78, 5) is 15.6. The van der Waals surface area contributed by atoms with Crippen molar-refractivity contribution in [2.75, 3.05) is 6.54 Å². The zero-order valence-electron chi connectivity index (χ0n) is 18.0. The van der Waals surface area contributed by atoms with Crippen LogP contribution >= 0.6 is 0 Å². The number of H-pyrrole nitrogens is 1. The topological polar surface area (TPSA) is 117 Å². The highest BCUT2D eigenvalue weighted by atomic mass is 32.2. The van der Waals surface area contributed by atoms with Gasteiger partial charge in [-0.3, -0.25) is 9.35 Å². The van der Waals surface area contributed by atoms with Crippen molar-refractivity contribution in [3.63, 3.8) is 0 Å². The molecular weight excluding hydrogens is 468 g/mol. The second-order valence-corrected chi connectivity index (χ2v) is 8.39. The molecule has 2 aromatic carbocycles. The lowest BCUT2D eigenvalue weighted by Crippen LogP contribution is -2.19. The molecule has 0 aliphatic heterocycles. The third-order valence-corrected chi connectivity index (χ3v) is 5.73. The van der Waals surface area contributed by atoms with Crippen molar-refractivity contribution in [1.29, 1.82) is 0 Å². The third kappa shape index (κ3) is 4.92. The van der Waals surface area contributed by atoms with Gasteiger partial charge in [-0.1, -0.05) is 6.07 Å². The largest absolute Gasteiger partial charge is 0.454 e. The summed E-state index contributed by atoms with van der Waals surface area (Å²) in [5, 5.41) is 10.1. The summed E-state index contributed by atoms with van der Waals surface area (Å²) >= 11 is -2.15. The zero-order valence-corrected chi connectivity index (χ0v) is 18.8. The number of rotatable bonds is 8. The number of aromatic amines is 1. The van der Waals surface area contributed by atoms with Crippen LogP contribution in [0.25, 0.3) is 22.0 Å². The predicted molar refractivity (Wildman–Crippen MR) is 124 cm³/mol. The van der Waals surface area contributed by atoms with Crippen LogP contribution in [0.1, 0.15) is 11.3 Å². The van der Waals surface area contributed by atoms with Crippen molar-refractivity contribution in [1.82, 2.24) is 14.3 Å². The molecule has 0 amide bonds. The van der Waals surface area contributed by atoms with Gasteiger partial charge in [0, 0.05) is 48.1 Å². The average molecular weight is 490 g/mol. The molecule has 178 valence electrons. The van der Waals surface area contributed by atoms with Crippen molar-refractivity contribution < 1.29 is 27.4 Å². The highest BCUT2D eigenvalue weighted by Crippen LogP contribution is 2.38. The third-order valence-electron chi connectivity index (χ3n) is 5.28. The number of halogens is 2. The molecule has 0 aliphatic carbocycles. The molecule has 1 unspecified atom stereocenters. The number of aromatic nitrogens is 2. The van der Waals surface area contributed by atoms with Crippen LogP contribution in [0.2, 0.25) is 0 Å². The summed E-state index contributed by atoms with van der Waals surface area (Å²) < 4.78 is 57.1. The van der Waals surface area contributed by atoms with Gasteiger partial charge in [-0.05, 0) is 42.3 Å². The summed E-state index contributed by atoms with van der Waals surface area (Å²) in [5.41, 5.74) is 2.29. The van der Waals surface area contributed by atoms with E-state index in [0.717, 1.165) is 11.6 Å². The van der Waals surface area contributed by atoms with Gasteiger partial charge in [0.2, 0.25) is 11.3 Å². The van der Waals surface area contributed by atoms with E-state index in [9.17, 15) is 22.9 Å². The van der Waals surface area contributed by atoms with E-state index >= 15 is 0 Å². The molecule has 2 heterocycles. The Kier molecular flexibility index (Phi) is 6.89. The maximum atomic E-state index is 14.3. The standard InChI is InChI=1S/C23H21F2N3O5S/c1-28-11-18(17-10-15(12-29)27-22(17)23(28)30)16-8-13(6-7-26-34(31)32)2-4-20(16)33-21-5-3-14(24)9-19(21)25/h2-5,8-11,26-27,29H,6-7,12H2,1H3,(H,31,32). The monoisotopic (exact) mass is 489 g/mol. The van der Waals surface area contributed by atoms with Gasteiger partial charge >= 0.3 is 0 Å². The van der Waals surface area contributed by atoms with Gasteiger partial charge in [0.05, 0.1) is 6.61 Å². The summed E-state index contributed by atoms with van der Waals surface area (Å²) in [5.74, 6) is -1.55. The number of fused-ring (bicyclic) bond motifs is 1. The van der Waals surface area contributed by atoms with E-state index < -0.39 is 22.9 Å². The fourth-order valence-electron chi connectivity index (χ4n) is 3.68. The fourth-order valence-corrected chi connectivity index (χ4v) is 3.96. The van der Waals surface area contributed by atoms with E-state index in [-0.39, 0.29) is 35.7 Å². The molecule has 4 rings (SSSR count). The van der Waals surface area contributed by atoms with Crippen molar-refractivity contribution in [3.8, 4) is 22.6 Å². The second kappa shape index (κ2) is 9.85. The molecule has 11 heteroatoms. The van der Waals surface area contributed by atoms with Gasteiger partial charge in [0.1, 0.15) is 17.1 Å². The highest BCUT2D eigenvalue weighted by molar-refractivity contribution is 7.77. The number of pyridine rings is 1. The number of hydrogen-bond donors (Lipinski definition) is 4. The average Bonchev–Trinajstić information content (AvgIpc) is 3.24. The van der Waals surface area contributed by atoms with E-state index in [1.165, 1.54) is 10.6 Å². The molecule has 34 heavy (non-hydrogen) atoms. The first-order valence-corrected chi connectivity index (χ1v) is 11.3. The second-order valence-electron chi connectivity index (χ2n) is 7.60. The van der Waals surface area contributed by atoms with Crippen LogP contribution in [0.4, 0.5) is 8.78 Å². The first kappa shape index (κ1) is 23.8. The Morgan fingerprint density at radius 1 is 1.12 bits per heavy atom.